The highest BCUT2D eigenvalue weighted by Gasteiger charge is 2.22. The van der Waals surface area contributed by atoms with Gasteiger partial charge in [0, 0.05) is 12.7 Å². The van der Waals surface area contributed by atoms with E-state index in [1.807, 2.05) is 0 Å². The Hall–Kier alpha value is -2.24. The van der Waals surface area contributed by atoms with Crippen molar-refractivity contribution in [2.45, 2.75) is 19.3 Å². The molecular weight excluding hydrogens is 261 g/mol. The van der Waals surface area contributed by atoms with Crippen molar-refractivity contribution < 1.29 is 9.31 Å². The maximum atomic E-state index is 14.1. The SMILES string of the molecule is O=[N+]([O-])c1cc(F)c(NCC2CCC2)c2ncccc12. The summed E-state index contributed by atoms with van der Waals surface area (Å²) in [6.45, 7) is 0.681. The molecule has 5 nitrogen and oxygen atoms in total. The Morgan fingerprint density at radius 1 is 1.50 bits per heavy atom. The molecule has 0 amide bonds. The molecule has 0 bridgehead atoms. The smallest absolute Gasteiger partial charge is 0.281 e. The third-order valence-corrected chi connectivity index (χ3v) is 3.81. The Morgan fingerprint density at radius 3 is 2.95 bits per heavy atom. The molecule has 1 saturated carbocycles. The van der Waals surface area contributed by atoms with Gasteiger partial charge in [0.15, 0.2) is 5.82 Å². The number of pyridine rings is 1. The van der Waals surface area contributed by atoms with Gasteiger partial charge in [0.05, 0.1) is 22.1 Å². The maximum absolute atomic E-state index is 14.1. The van der Waals surface area contributed by atoms with Crippen LogP contribution < -0.4 is 5.32 Å². The molecule has 6 heteroatoms. The molecule has 20 heavy (non-hydrogen) atoms. The average molecular weight is 275 g/mol. The number of hydrogen-bond donors (Lipinski definition) is 1. The second kappa shape index (κ2) is 5.03. The van der Waals surface area contributed by atoms with Gasteiger partial charge in [-0.15, -0.1) is 0 Å². The minimum absolute atomic E-state index is 0.250. The lowest BCUT2D eigenvalue weighted by molar-refractivity contribution is -0.383. The Labute approximate surface area is 115 Å². The molecule has 1 aliphatic rings. The number of fused-ring (bicyclic) bond motifs is 1. The van der Waals surface area contributed by atoms with Gasteiger partial charge in [-0.3, -0.25) is 15.1 Å². The van der Waals surface area contributed by atoms with Crippen LogP contribution in [0.5, 0.6) is 0 Å². The van der Waals surface area contributed by atoms with Crippen LogP contribution in [-0.2, 0) is 0 Å². The molecule has 1 aliphatic carbocycles. The van der Waals surface area contributed by atoms with Crippen LogP contribution in [0.1, 0.15) is 19.3 Å². The molecule has 0 atom stereocenters. The first kappa shape index (κ1) is 12.8. The van der Waals surface area contributed by atoms with Gasteiger partial charge in [-0.05, 0) is 30.9 Å². The standard InChI is InChI=1S/C14H14FN3O2/c15-11-7-12(18(19)20)10-5-2-6-16-13(10)14(11)17-8-9-3-1-4-9/h2,5-7,9,17H,1,3-4,8H2. The number of non-ortho nitro benzene ring substituents is 1. The zero-order chi connectivity index (χ0) is 14.1. The Balaban J connectivity index is 2.04. The summed E-state index contributed by atoms with van der Waals surface area (Å²) in [7, 11) is 0. The molecule has 3 rings (SSSR count). The highest BCUT2D eigenvalue weighted by atomic mass is 19.1. The predicted molar refractivity (Wildman–Crippen MR) is 74.2 cm³/mol. The largest absolute Gasteiger partial charge is 0.381 e. The first-order chi connectivity index (χ1) is 9.66. The van der Waals surface area contributed by atoms with Crippen molar-refractivity contribution in [1.29, 1.82) is 0 Å². The molecule has 1 fully saturated rings. The highest BCUT2D eigenvalue weighted by Crippen LogP contribution is 2.34. The van der Waals surface area contributed by atoms with Gasteiger partial charge in [-0.25, -0.2) is 4.39 Å². The molecule has 0 radical (unpaired) electrons. The van der Waals surface area contributed by atoms with E-state index < -0.39 is 10.7 Å². The van der Waals surface area contributed by atoms with Crippen LogP contribution in [0.4, 0.5) is 15.8 Å². The number of benzene rings is 1. The summed E-state index contributed by atoms with van der Waals surface area (Å²) in [5.41, 5.74) is 0.330. The number of nitro benzene ring substituents is 1. The van der Waals surface area contributed by atoms with Gasteiger partial charge >= 0.3 is 0 Å². The zero-order valence-electron chi connectivity index (χ0n) is 10.8. The van der Waals surface area contributed by atoms with Crippen LogP contribution in [-0.4, -0.2) is 16.5 Å². The number of nitro groups is 1. The summed E-state index contributed by atoms with van der Waals surface area (Å²) in [6.07, 6.45) is 5.02. The average Bonchev–Trinajstić information content (AvgIpc) is 2.38. The molecule has 1 N–H and O–H groups in total. The quantitative estimate of drug-likeness (QED) is 0.685. The van der Waals surface area contributed by atoms with Crippen molar-refractivity contribution in [2.75, 3.05) is 11.9 Å². The van der Waals surface area contributed by atoms with Crippen LogP contribution in [0.3, 0.4) is 0 Å². The Kier molecular flexibility index (Phi) is 3.22. The molecule has 0 saturated heterocycles. The third-order valence-electron chi connectivity index (χ3n) is 3.81. The van der Waals surface area contributed by atoms with E-state index in [2.05, 4.69) is 10.3 Å². The van der Waals surface area contributed by atoms with Crippen LogP contribution in [0.2, 0.25) is 0 Å². The van der Waals surface area contributed by atoms with Crippen molar-refractivity contribution >= 4 is 22.3 Å². The number of rotatable bonds is 4. The fraction of sp³-hybridized carbons (Fsp3) is 0.357. The molecule has 2 aromatic rings. The minimum atomic E-state index is -0.623. The van der Waals surface area contributed by atoms with E-state index in [-0.39, 0.29) is 11.4 Å². The molecule has 0 spiro atoms. The predicted octanol–water partition coefficient (Wildman–Crippen LogP) is 3.49. The van der Waals surface area contributed by atoms with Crippen molar-refractivity contribution in [3.05, 3.63) is 40.3 Å². The van der Waals surface area contributed by atoms with Gasteiger partial charge in [0.2, 0.25) is 0 Å². The maximum Gasteiger partial charge on any atom is 0.281 e. The molecular formula is C14H14FN3O2. The van der Waals surface area contributed by atoms with Gasteiger partial charge in [-0.2, -0.15) is 0 Å². The molecule has 0 unspecified atom stereocenters. The van der Waals surface area contributed by atoms with Crippen LogP contribution >= 0.6 is 0 Å². The van der Waals surface area contributed by atoms with Gasteiger partial charge < -0.3 is 5.32 Å². The number of nitrogens with one attached hydrogen (secondary N) is 1. The Bertz CT molecular complexity index is 671. The topological polar surface area (TPSA) is 68.1 Å². The van der Waals surface area contributed by atoms with Crippen LogP contribution in [0.15, 0.2) is 24.4 Å². The van der Waals surface area contributed by atoms with E-state index in [4.69, 9.17) is 0 Å². The van der Waals surface area contributed by atoms with Crippen molar-refractivity contribution in [1.82, 2.24) is 4.98 Å². The first-order valence-corrected chi connectivity index (χ1v) is 6.62. The first-order valence-electron chi connectivity index (χ1n) is 6.62. The fourth-order valence-corrected chi connectivity index (χ4v) is 2.46. The normalized spacial score (nSPS) is 15.1. The summed E-state index contributed by atoms with van der Waals surface area (Å²) < 4.78 is 14.1. The van der Waals surface area contributed by atoms with Crippen LogP contribution in [0.25, 0.3) is 10.9 Å². The van der Waals surface area contributed by atoms with E-state index >= 15 is 0 Å². The van der Waals surface area contributed by atoms with Crippen molar-refractivity contribution in [2.24, 2.45) is 5.92 Å². The second-order valence-electron chi connectivity index (χ2n) is 5.09. The monoisotopic (exact) mass is 275 g/mol. The number of nitrogens with zero attached hydrogens (tertiary/aromatic N) is 2. The van der Waals surface area contributed by atoms with Crippen molar-refractivity contribution in [3.8, 4) is 0 Å². The number of halogens is 1. The number of aromatic nitrogens is 1. The van der Waals surface area contributed by atoms with Gasteiger partial charge in [0.25, 0.3) is 5.69 Å². The summed E-state index contributed by atoms with van der Waals surface area (Å²) in [5, 5.41) is 14.4. The number of anilines is 1. The molecule has 1 aromatic carbocycles. The van der Waals surface area contributed by atoms with Gasteiger partial charge in [-0.1, -0.05) is 6.42 Å². The summed E-state index contributed by atoms with van der Waals surface area (Å²) in [4.78, 5) is 14.5. The van der Waals surface area contributed by atoms with E-state index in [9.17, 15) is 14.5 Å². The molecule has 1 heterocycles. The van der Waals surface area contributed by atoms with Crippen LogP contribution in [0, 0.1) is 21.8 Å². The molecule has 0 aliphatic heterocycles. The van der Waals surface area contributed by atoms with E-state index in [0.717, 1.165) is 18.9 Å². The van der Waals surface area contributed by atoms with E-state index in [0.29, 0.717) is 23.4 Å². The second-order valence-corrected chi connectivity index (χ2v) is 5.09. The molecule has 104 valence electrons. The summed E-state index contributed by atoms with van der Waals surface area (Å²) in [6, 6.07) is 4.17. The lowest BCUT2D eigenvalue weighted by Gasteiger charge is -2.26. The lowest BCUT2D eigenvalue weighted by atomic mass is 9.85. The molecule has 1 aromatic heterocycles. The van der Waals surface area contributed by atoms with E-state index in [1.165, 1.54) is 12.6 Å². The zero-order valence-corrected chi connectivity index (χ0v) is 10.8. The van der Waals surface area contributed by atoms with Crippen molar-refractivity contribution in [3.63, 3.8) is 0 Å². The van der Waals surface area contributed by atoms with E-state index in [1.54, 1.807) is 12.1 Å². The minimum Gasteiger partial charge on any atom is -0.381 e. The summed E-state index contributed by atoms with van der Waals surface area (Å²) >= 11 is 0. The number of hydrogen-bond acceptors (Lipinski definition) is 4. The third kappa shape index (κ3) is 2.17. The lowest BCUT2D eigenvalue weighted by Crippen LogP contribution is -2.21. The summed E-state index contributed by atoms with van der Waals surface area (Å²) in [5.74, 6) is -0.0643. The highest BCUT2D eigenvalue weighted by molar-refractivity contribution is 5.97. The van der Waals surface area contributed by atoms with Gasteiger partial charge in [0.1, 0.15) is 5.52 Å². The Morgan fingerprint density at radius 2 is 2.30 bits per heavy atom. The fourth-order valence-electron chi connectivity index (χ4n) is 2.46.